The highest BCUT2D eigenvalue weighted by Crippen LogP contribution is 2.42. The summed E-state index contributed by atoms with van der Waals surface area (Å²) in [5, 5.41) is 4.15. The van der Waals surface area contributed by atoms with Gasteiger partial charge < -0.3 is 15.0 Å². The Labute approximate surface area is 317 Å². The molecule has 53 heavy (non-hydrogen) atoms. The molecule has 0 bridgehead atoms. The molecule has 0 saturated heterocycles. The number of thiazole rings is 1. The fourth-order valence-electron chi connectivity index (χ4n) is 6.66. The van der Waals surface area contributed by atoms with Crippen LogP contribution in [0.1, 0.15) is 70.3 Å². The van der Waals surface area contributed by atoms with Crippen LogP contribution in [-0.2, 0) is 14.9 Å². The molecule has 8 nitrogen and oxygen atoms in total. The van der Waals surface area contributed by atoms with Crippen molar-refractivity contribution in [2.75, 3.05) is 23.7 Å². The summed E-state index contributed by atoms with van der Waals surface area (Å²) in [4.78, 5) is 15.9. The Morgan fingerprint density at radius 3 is 2.21 bits per heavy atom. The molecule has 1 unspecified atom stereocenters. The van der Waals surface area contributed by atoms with Crippen molar-refractivity contribution in [1.82, 2.24) is 5.32 Å². The number of rotatable bonds is 16. The van der Waals surface area contributed by atoms with Gasteiger partial charge in [0.2, 0.25) is 17.4 Å². The predicted molar refractivity (Wildman–Crippen MR) is 217 cm³/mol. The number of nitrogens with zero attached hydrogens (tertiary/aromatic N) is 2. The third-order valence-corrected chi connectivity index (χ3v) is 11.3. The van der Waals surface area contributed by atoms with Crippen LogP contribution in [0, 0.1) is 0 Å². The lowest BCUT2D eigenvalue weighted by Gasteiger charge is -2.19. The maximum Gasteiger partial charge on any atom is 0.289 e. The minimum atomic E-state index is -4.13. The van der Waals surface area contributed by atoms with Crippen LogP contribution in [0.5, 0.6) is 5.75 Å². The van der Waals surface area contributed by atoms with Crippen molar-refractivity contribution in [2.45, 2.75) is 65.3 Å². The molecule has 0 spiro atoms. The summed E-state index contributed by atoms with van der Waals surface area (Å²) >= 11 is 1.67. The zero-order valence-corrected chi connectivity index (χ0v) is 32.3. The third kappa shape index (κ3) is 9.25. The number of nitrogens with one attached hydrogen (secondary N) is 1. The number of allylic oxidation sites excluding steroid dienone is 2. The van der Waals surface area contributed by atoms with E-state index in [0.717, 1.165) is 68.0 Å². The van der Waals surface area contributed by atoms with Crippen LogP contribution < -0.4 is 19.5 Å². The van der Waals surface area contributed by atoms with E-state index in [4.69, 9.17) is 4.74 Å². The first-order chi connectivity index (χ1) is 25.7. The number of amides is 1. The van der Waals surface area contributed by atoms with E-state index in [9.17, 15) is 17.8 Å². The molecular formula is C43H48N3O5S2+. The fourth-order valence-corrected chi connectivity index (χ4v) is 8.31. The molecule has 10 heteroatoms. The second-order valence-corrected chi connectivity index (χ2v) is 15.9. The molecule has 1 aliphatic rings. The van der Waals surface area contributed by atoms with Crippen LogP contribution in [0.3, 0.4) is 0 Å². The summed E-state index contributed by atoms with van der Waals surface area (Å²) in [7, 11) is -4.13. The van der Waals surface area contributed by atoms with Gasteiger partial charge in [-0.25, -0.2) is 0 Å². The topological polar surface area (TPSA) is 99.8 Å². The Balaban J connectivity index is 1.45. The van der Waals surface area contributed by atoms with Crippen LogP contribution in [0.4, 0.5) is 5.69 Å². The normalized spacial score (nSPS) is 14.4. The van der Waals surface area contributed by atoms with E-state index in [1.807, 2.05) is 71.6 Å². The molecule has 2 heterocycles. The van der Waals surface area contributed by atoms with Gasteiger partial charge in [0, 0.05) is 37.7 Å². The van der Waals surface area contributed by atoms with Crippen LogP contribution in [0.15, 0.2) is 115 Å². The van der Waals surface area contributed by atoms with Crippen molar-refractivity contribution in [3.05, 3.63) is 120 Å². The maximum atomic E-state index is 13.9. The highest BCUT2D eigenvalue weighted by atomic mass is 32.2. The highest BCUT2D eigenvalue weighted by Gasteiger charge is 2.34. The molecule has 6 rings (SSSR count). The van der Waals surface area contributed by atoms with Gasteiger partial charge in [-0.15, -0.1) is 0 Å². The number of carbonyl (C=O) groups is 1. The quantitative estimate of drug-likeness (QED) is 0.0770. The molecule has 0 saturated carbocycles. The molecule has 1 aliphatic heterocycles. The largest absolute Gasteiger partial charge is 0.439 e. The Bertz CT molecular complexity index is 2210. The molecule has 276 valence electrons. The summed E-state index contributed by atoms with van der Waals surface area (Å²) < 4.78 is 42.7. The summed E-state index contributed by atoms with van der Waals surface area (Å²) in [5.41, 5.74) is 7.12. The van der Waals surface area contributed by atoms with Crippen LogP contribution in [0.25, 0.3) is 38.5 Å². The minimum absolute atomic E-state index is 0.0231. The summed E-state index contributed by atoms with van der Waals surface area (Å²) in [6, 6.07) is 32.5. The summed E-state index contributed by atoms with van der Waals surface area (Å²) in [6.07, 6.45) is 8.53. The zero-order chi connectivity index (χ0) is 37.4. The molecule has 4 aromatic carbocycles. The van der Waals surface area contributed by atoms with Gasteiger partial charge in [0.1, 0.15) is 4.70 Å². The van der Waals surface area contributed by atoms with E-state index in [1.54, 1.807) is 11.3 Å². The molecule has 5 aromatic rings. The Morgan fingerprint density at radius 2 is 1.57 bits per heavy atom. The Hall–Kier alpha value is -4.77. The van der Waals surface area contributed by atoms with Crippen LogP contribution >= 0.6 is 11.3 Å². The maximum absolute atomic E-state index is 13.9. The number of anilines is 1. The molecule has 1 atom stereocenters. The molecule has 2 N–H and O–H groups in total. The van der Waals surface area contributed by atoms with E-state index in [1.165, 1.54) is 0 Å². The van der Waals surface area contributed by atoms with Crippen molar-refractivity contribution < 1.29 is 27.1 Å². The number of unbranched alkanes of at least 4 members (excludes halogenated alkanes) is 1. The van der Waals surface area contributed by atoms with E-state index in [0.29, 0.717) is 37.6 Å². The van der Waals surface area contributed by atoms with Crippen molar-refractivity contribution in [3.8, 4) is 28.0 Å². The number of hydrogen-bond acceptors (Lipinski definition) is 6. The zero-order valence-electron chi connectivity index (χ0n) is 30.6. The molecule has 0 fully saturated rings. The summed E-state index contributed by atoms with van der Waals surface area (Å²) in [5.74, 6) is 0.925. The number of fused-ring (bicyclic) bond motifs is 2. The predicted octanol–water partition coefficient (Wildman–Crippen LogP) is 9.59. The van der Waals surface area contributed by atoms with Gasteiger partial charge in [-0.3, -0.25) is 9.35 Å². The van der Waals surface area contributed by atoms with E-state index < -0.39 is 16.2 Å². The lowest BCUT2D eigenvalue weighted by Crippen LogP contribution is -2.49. The van der Waals surface area contributed by atoms with Crippen LogP contribution in [0.2, 0.25) is 0 Å². The number of carbonyl (C=O) groups excluding carboxylic acids is 1. The molecule has 0 radical (unpaired) electrons. The fraction of sp³-hybridized carbons (Fsp3) is 0.302. The van der Waals surface area contributed by atoms with Crippen LogP contribution in [-0.4, -0.2) is 37.7 Å². The standard InChI is InChI=1S/C43H47N3O5S2/c1-4-7-19-36(43(47)44-24-5-2)46-38-30-35(33-17-12-9-13-18-33)21-23-40(38)52-42(46)28-31(6-3)27-41-45(25-14-26-53(48,49)50)37-29-34(20-22-39(37)51-41)32-15-10-8-11-16-32/h8-13,15-18,20-23,27-30,36H,4-7,14,19,24-26H2,1-3H3,(H-,44,47,48,49,50)/p+1. The van der Waals surface area contributed by atoms with Crippen molar-refractivity contribution >= 4 is 49.3 Å². The molecule has 1 aromatic heterocycles. The summed E-state index contributed by atoms with van der Waals surface area (Å²) in [6.45, 7) is 7.25. The third-order valence-electron chi connectivity index (χ3n) is 9.42. The first kappa shape index (κ1) is 38.0. The van der Waals surface area contributed by atoms with Gasteiger partial charge in [-0.1, -0.05) is 111 Å². The smallest absolute Gasteiger partial charge is 0.289 e. The van der Waals surface area contributed by atoms with Gasteiger partial charge in [0.15, 0.2) is 5.75 Å². The van der Waals surface area contributed by atoms with E-state index in [2.05, 4.69) is 73.1 Å². The second kappa shape index (κ2) is 17.4. The monoisotopic (exact) mass is 750 g/mol. The molecular weight excluding hydrogens is 703 g/mol. The van der Waals surface area contributed by atoms with Crippen molar-refractivity contribution in [2.24, 2.45) is 0 Å². The number of hydrogen-bond donors (Lipinski definition) is 2. The van der Waals surface area contributed by atoms with Gasteiger partial charge in [-0.05, 0) is 71.7 Å². The van der Waals surface area contributed by atoms with E-state index in [-0.39, 0.29) is 18.1 Å². The van der Waals surface area contributed by atoms with Gasteiger partial charge in [0.05, 0.1) is 11.4 Å². The van der Waals surface area contributed by atoms with Gasteiger partial charge >= 0.3 is 0 Å². The Morgan fingerprint density at radius 1 is 0.887 bits per heavy atom. The lowest BCUT2D eigenvalue weighted by atomic mass is 10.0. The minimum Gasteiger partial charge on any atom is -0.439 e. The second-order valence-electron chi connectivity index (χ2n) is 13.3. The molecule has 1 amide bonds. The molecule has 0 aliphatic carbocycles. The first-order valence-corrected chi connectivity index (χ1v) is 20.9. The number of aromatic nitrogens is 1. The van der Waals surface area contributed by atoms with Gasteiger partial charge in [0.25, 0.3) is 21.0 Å². The first-order valence-electron chi connectivity index (χ1n) is 18.5. The average Bonchev–Trinajstić information content (AvgIpc) is 3.70. The lowest BCUT2D eigenvalue weighted by molar-refractivity contribution is -0.682. The van der Waals surface area contributed by atoms with Crippen molar-refractivity contribution in [1.29, 1.82) is 0 Å². The SMILES string of the molecule is CCCCC(C(=O)NCCC)[n+]1c(C=C(C=C2Oc3ccc(-c4ccccc4)cc3N2CCCS(=O)(=O)O)CC)sc2ccc(-c3ccccc3)cc21. The van der Waals surface area contributed by atoms with Crippen molar-refractivity contribution in [3.63, 3.8) is 0 Å². The highest BCUT2D eigenvalue weighted by molar-refractivity contribution is 7.85. The Kier molecular flexibility index (Phi) is 12.4. The number of benzene rings is 4. The van der Waals surface area contributed by atoms with Gasteiger partial charge in [-0.2, -0.15) is 13.0 Å². The number of ether oxygens (including phenoxy) is 1. The van der Waals surface area contributed by atoms with E-state index >= 15 is 0 Å². The average molecular weight is 751 g/mol.